The van der Waals surface area contributed by atoms with Gasteiger partial charge in [0.15, 0.2) is 0 Å². The molecule has 0 aliphatic carbocycles. The van der Waals surface area contributed by atoms with E-state index < -0.39 is 54.4 Å². The van der Waals surface area contributed by atoms with Crippen LogP contribution in [0.5, 0.6) is 0 Å². The predicted octanol–water partition coefficient (Wildman–Crippen LogP) is 2.57. The Labute approximate surface area is 231 Å². The number of nitriles is 1. The molecule has 0 unspecified atom stereocenters. The van der Waals surface area contributed by atoms with Crippen LogP contribution in [0.4, 0.5) is 18.0 Å². The summed E-state index contributed by atoms with van der Waals surface area (Å²) in [6.07, 6.45) is 2.70. The van der Waals surface area contributed by atoms with Gasteiger partial charge in [0, 0.05) is 24.5 Å². The van der Waals surface area contributed by atoms with Gasteiger partial charge in [0.1, 0.15) is 24.1 Å². The lowest BCUT2D eigenvalue weighted by molar-refractivity contribution is -0.132. The van der Waals surface area contributed by atoms with E-state index >= 15 is 0 Å². The Morgan fingerprint density at radius 3 is 2.45 bits per heavy atom. The lowest BCUT2D eigenvalue weighted by atomic mass is 9.76. The van der Waals surface area contributed by atoms with Crippen LogP contribution in [0.25, 0.3) is 0 Å². The maximum Gasteiger partial charge on any atom is 0.475 e. The molecule has 3 fully saturated rings. The van der Waals surface area contributed by atoms with Crippen LogP contribution in [0, 0.1) is 17.1 Å². The summed E-state index contributed by atoms with van der Waals surface area (Å²) < 4.78 is 46.3. The highest BCUT2D eigenvalue weighted by molar-refractivity contribution is 6.43. The van der Waals surface area contributed by atoms with Gasteiger partial charge in [0.25, 0.3) is 11.8 Å². The Morgan fingerprint density at radius 2 is 1.90 bits per heavy atom. The highest BCUT2D eigenvalue weighted by Crippen LogP contribution is 2.47. The third kappa shape index (κ3) is 6.45. The molecule has 1 atom stereocenters. The van der Waals surface area contributed by atoms with Crippen molar-refractivity contribution in [3.05, 3.63) is 47.3 Å². The molecule has 3 aliphatic heterocycles. The number of alkyl halides is 2. The SMILES string of the molecule is CC(C)(C=C(C#N)C(=O)N1C2CCC1(COC(=O)N[C@@H](Cc1ccc(F)cc1)B(O)O)CC2)N1CCC(F)(F)C1. The largest absolute Gasteiger partial charge is 0.475 e. The summed E-state index contributed by atoms with van der Waals surface area (Å²) in [5, 5.41) is 31.7. The molecule has 2 bridgehead atoms. The first-order valence-corrected chi connectivity index (χ1v) is 13.4. The lowest BCUT2D eigenvalue weighted by Gasteiger charge is -2.36. The summed E-state index contributed by atoms with van der Waals surface area (Å²) in [5.74, 6) is -4.91. The van der Waals surface area contributed by atoms with Gasteiger partial charge in [-0.3, -0.25) is 9.69 Å². The summed E-state index contributed by atoms with van der Waals surface area (Å²) in [7, 11) is -1.90. The van der Waals surface area contributed by atoms with Crippen molar-refractivity contribution in [3.8, 4) is 6.07 Å². The molecule has 3 N–H and O–H groups in total. The number of fused-ring (bicyclic) bond motifs is 2. The molecule has 40 heavy (non-hydrogen) atoms. The summed E-state index contributed by atoms with van der Waals surface area (Å²) in [4.78, 5) is 29.4. The molecule has 1 aromatic carbocycles. The van der Waals surface area contributed by atoms with E-state index in [4.69, 9.17) is 4.74 Å². The number of amides is 2. The number of ether oxygens (including phenoxy) is 1. The van der Waals surface area contributed by atoms with E-state index in [1.165, 1.54) is 30.3 Å². The summed E-state index contributed by atoms with van der Waals surface area (Å²) in [6.45, 7) is 2.92. The Balaban J connectivity index is 1.42. The number of nitrogens with one attached hydrogen (secondary N) is 1. The van der Waals surface area contributed by atoms with Crippen LogP contribution in [0.2, 0.25) is 0 Å². The molecule has 0 saturated carbocycles. The number of nitrogens with zero attached hydrogens (tertiary/aromatic N) is 3. The molecule has 1 aromatic rings. The van der Waals surface area contributed by atoms with E-state index in [2.05, 4.69) is 5.32 Å². The molecule has 3 aliphatic rings. The molecule has 13 heteroatoms. The van der Waals surface area contributed by atoms with Crippen molar-refractivity contribution in [2.24, 2.45) is 0 Å². The van der Waals surface area contributed by atoms with Gasteiger partial charge >= 0.3 is 13.2 Å². The van der Waals surface area contributed by atoms with E-state index in [1.807, 2.05) is 6.07 Å². The Morgan fingerprint density at radius 1 is 1.25 bits per heavy atom. The normalized spacial score (nSPS) is 25.0. The Bertz CT molecular complexity index is 1180. The molecule has 0 radical (unpaired) electrons. The molecule has 4 rings (SSSR count). The van der Waals surface area contributed by atoms with Crippen molar-refractivity contribution in [1.29, 1.82) is 5.26 Å². The maximum atomic E-state index is 13.8. The number of benzene rings is 1. The molecule has 2 amide bonds. The summed E-state index contributed by atoms with van der Waals surface area (Å²) in [6, 6.07) is 7.19. The Kier molecular flexibility index (Phi) is 8.54. The maximum absolute atomic E-state index is 13.8. The van der Waals surface area contributed by atoms with Gasteiger partial charge in [-0.05, 0) is 69.7 Å². The van der Waals surface area contributed by atoms with Crippen molar-refractivity contribution in [2.75, 3.05) is 19.7 Å². The number of alkyl carbamates (subject to hydrolysis) is 1. The van der Waals surface area contributed by atoms with Crippen LogP contribution in [0.1, 0.15) is 51.5 Å². The fourth-order valence-corrected chi connectivity index (χ4v) is 6.06. The minimum absolute atomic E-state index is 0.0138. The monoisotopic (exact) mass is 562 g/mol. The predicted molar refractivity (Wildman–Crippen MR) is 139 cm³/mol. The first kappa shape index (κ1) is 29.9. The van der Waals surface area contributed by atoms with Gasteiger partial charge in [-0.1, -0.05) is 12.1 Å². The molecule has 216 valence electrons. The number of rotatable bonds is 9. The zero-order chi connectivity index (χ0) is 29.3. The Hall–Kier alpha value is -3.08. The van der Waals surface area contributed by atoms with Gasteiger partial charge in [-0.2, -0.15) is 5.26 Å². The lowest BCUT2D eigenvalue weighted by Crippen LogP contribution is -2.52. The first-order chi connectivity index (χ1) is 18.7. The van der Waals surface area contributed by atoms with Crippen molar-refractivity contribution >= 4 is 19.1 Å². The van der Waals surface area contributed by atoms with Gasteiger partial charge < -0.3 is 25.0 Å². The number of likely N-dealkylation sites (tertiary alicyclic amines) is 1. The first-order valence-electron chi connectivity index (χ1n) is 13.4. The fraction of sp³-hybridized carbons (Fsp3) is 0.593. The average Bonchev–Trinajstić information content (AvgIpc) is 3.57. The number of carbonyl (C=O) groups is 2. The van der Waals surface area contributed by atoms with Crippen molar-refractivity contribution in [1.82, 2.24) is 15.1 Å². The summed E-state index contributed by atoms with van der Waals surface area (Å²) >= 11 is 0. The number of hydrogen-bond donors (Lipinski definition) is 3. The molecular formula is C27H34BF3N4O5. The van der Waals surface area contributed by atoms with Crippen LogP contribution < -0.4 is 5.32 Å². The molecule has 0 spiro atoms. The van der Waals surface area contributed by atoms with Crippen LogP contribution in [-0.2, 0) is 16.0 Å². The third-order valence-electron chi connectivity index (χ3n) is 8.32. The van der Waals surface area contributed by atoms with E-state index in [1.54, 1.807) is 23.6 Å². The zero-order valence-corrected chi connectivity index (χ0v) is 22.6. The minimum atomic E-state index is -2.82. The average molecular weight is 562 g/mol. The van der Waals surface area contributed by atoms with Gasteiger partial charge in [-0.15, -0.1) is 0 Å². The van der Waals surface area contributed by atoms with Crippen molar-refractivity contribution < 1.29 is 37.5 Å². The molecule has 9 nitrogen and oxygen atoms in total. The van der Waals surface area contributed by atoms with Crippen LogP contribution in [0.3, 0.4) is 0 Å². The van der Waals surface area contributed by atoms with Crippen LogP contribution in [0.15, 0.2) is 35.9 Å². The topological polar surface area (TPSA) is 126 Å². The quantitative estimate of drug-likeness (QED) is 0.240. The number of carbonyl (C=O) groups excluding carboxylic acids is 2. The zero-order valence-electron chi connectivity index (χ0n) is 22.6. The molecule has 3 saturated heterocycles. The second kappa shape index (κ2) is 11.4. The van der Waals surface area contributed by atoms with E-state index in [-0.39, 0.29) is 37.6 Å². The van der Waals surface area contributed by atoms with Crippen LogP contribution >= 0.6 is 0 Å². The smallest absolute Gasteiger partial charge is 0.447 e. The van der Waals surface area contributed by atoms with Crippen molar-refractivity contribution in [3.63, 3.8) is 0 Å². The molecule has 0 aromatic heterocycles. The number of halogens is 3. The highest BCUT2D eigenvalue weighted by Gasteiger charge is 2.55. The van der Waals surface area contributed by atoms with Crippen LogP contribution in [-0.4, -0.2) is 87.6 Å². The fourth-order valence-electron chi connectivity index (χ4n) is 6.06. The third-order valence-corrected chi connectivity index (χ3v) is 8.32. The van der Waals surface area contributed by atoms with Crippen molar-refractivity contribution in [2.45, 2.75) is 81.4 Å². The van der Waals surface area contributed by atoms with Gasteiger partial charge in [-0.25, -0.2) is 18.0 Å². The molecule has 3 heterocycles. The van der Waals surface area contributed by atoms with Gasteiger partial charge in [0.05, 0.1) is 18.0 Å². The highest BCUT2D eigenvalue weighted by atomic mass is 19.3. The minimum Gasteiger partial charge on any atom is -0.447 e. The molecular weight excluding hydrogens is 528 g/mol. The van der Waals surface area contributed by atoms with E-state index in [9.17, 15) is 38.1 Å². The van der Waals surface area contributed by atoms with E-state index in [0.29, 0.717) is 31.2 Å². The number of hydrogen-bond acceptors (Lipinski definition) is 7. The standard InChI is InChI=1S/C27H34BF3N4O5/c1-25(2,34-12-11-27(30,31)16-34)14-19(15-32)23(36)35-21-7-9-26(35,10-8-21)17-40-24(37)33-22(28(38)39)13-18-3-5-20(29)6-4-18/h3-6,14,21-22,38-39H,7-13,16-17H2,1-2H3,(H,33,37)/t21?,22-,26?/m0/s1. The second-order valence-electron chi connectivity index (χ2n) is 11.6. The summed E-state index contributed by atoms with van der Waals surface area (Å²) in [5.41, 5.74) is -1.36. The second-order valence-corrected chi connectivity index (χ2v) is 11.6. The van der Waals surface area contributed by atoms with E-state index in [0.717, 1.165) is 0 Å². The van der Waals surface area contributed by atoms with Gasteiger partial charge in [0.2, 0.25) is 0 Å².